The Morgan fingerprint density at radius 1 is 1.05 bits per heavy atom. The zero-order valence-electron chi connectivity index (χ0n) is 10.5. The quantitative estimate of drug-likeness (QED) is 0.852. The molecule has 2 rings (SSSR count). The van der Waals surface area contributed by atoms with Crippen molar-refractivity contribution in [3.05, 3.63) is 17.1 Å². The van der Waals surface area contributed by atoms with Gasteiger partial charge in [0.15, 0.2) is 9.34 Å². The third kappa shape index (κ3) is 2.79. The van der Waals surface area contributed by atoms with Crippen LogP contribution in [0.4, 0.5) is 11.1 Å². The summed E-state index contributed by atoms with van der Waals surface area (Å²) in [7, 11) is -3.79. The summed E-state index contributed by atoms with van der Waals surface area (Å²) >= 11 is 0.888. The molecule has 0 spiro atoms. The zero-order chi connectivity index (χ0) is 14.2. The first-order chi connectivity index (χ1) is 8.79. The second-order valence-electron chi connectivity index (χ2n) is 3.84. The summed E-state index contributed by atoms with van der Waals surface area (Å²) in [5, 5.41) is 7.69. The van der Waals surface area contributed by atoms with E-state index >= 15 is 0 Å². The molecule has 0 aliphatic rings. The molecule has 0 aliphatic carbocycles. The smallest absolute Gasteiger partial charge is 0.275 e. The summed E-state index contributed by atoms with van der Waals surface area (Å²) in [5.74, 6) is -0.0746. The molecule has 0 unspecified atom stereocenters. The van der Waals surface area contributed by atoms with Crippen LogP contribution in [0.1, 0.15) is 17.1 Å². The maximum Gasteiger partial charge on any atom is 0.275 e. The third-order valence-electron chi connectivity index (χ3n) is 2.33. The standard InChI is InChI=1S/C9H12N6O2S2/c1-4-5(2)13-14-9(12-4)15-19(16,17)7-6(3)11-8(10)18-7/h1-3H3,(H2,10,11)(H,12,14,15). The van der Waals surface area contributed by atoms with Crippen LogP contribution < -0.4 is 10.5 Å². The number of aromatic nitrogens is 4. The number of nitrogens with zero attached hydrogens (tertiary/aromatic N) is 4. The number of rotatable bonds is 3. The highest BCUT2D eigenvalue weighted by molar-refractivity contribution is 7.94. The van der Waals surface area contributed by atoms with E-state index in [4.69, 9.17) is 5.73 Å². The van der Waals surface area contributed by atoms with Gasteiger partial charge in [-0.25, -0.2) is 23.1 Å². The fourth-order valence-electron chi connectivity index (χ4n) is 1.32. The van der Waals surface area contributed by atoms with E-state index in [0.717, 1.165) is 11.3 Å². The Balaban J connectivity index is 2.36. The number of anilines is 2. The Kier molecular flexibility index (Phi) is 3.37. The molecule has 0 aromatic carbocycles. The van der Waals surface area contributed by atoms with Gasteiger partial charge in [0.05, 0.1) is 17.1 Å². The van der Waals surface area contributed by atoms with Crippen LogP contribution in [0.3, 0.4) is 0 Å². The van der Waals surface area contributed by atoms with Crippen LogP contribution in [-0.2, 0) is 10.0 Å². The Morgan fingerprint density at radius 3 is 2.26 bits per heavy atom. The first kappa shape index (κ1) is 13.6. The van der Waals surface area contributed by atoms with Crippen molar-refractivity contribution in [1.82, 2.24) is 20.2 Å². The minimum Gasteiger partial charge on any atom is -0.375 e. The Morgan fingerprint density at radius 2 is 1.74 bits per heavy atom. The first-order valence-electron chi connectivity index (χ1n) is 5.23. The molecule has 0 amide bonds. The summed E-state index contributed by atoms with van der Waals surface area (Å²) < 4.78 is 26.6. The van der Waals surface area contributed by atoms with Crippen LogP contribution in [0.25, 0.3) is 0 Å². The maximum atomic E-state index is 12.1. The molecule has 0 atom stereocenters. The van der Waals surface area contributed by atoms with E-state index in [0.29, 0.717) is 17.1 Å². The molecular formula is C9H12N6O2S2. The summed E-state index contributed by atoms with van der Waals surface area (Å²) in [6, 6.07) is 0. The van der Waals surface area contributed by atoms with Gasteiger partial charge in [-0.1, -0.05) is 11.3 Å². The van der Waals surface area contributed by atoms with Crippen LogP contribution in [0.2, 0.25) is 0 Å². The molecule has 19 heavy (non-hydrogen) atoms. The van der Waals surface area contributed by atoms with Crippen molar-refractivity contribution >= 4 is 32.4 Å². The average Bonchev–Trinajstić information content (AvgIpc) is 2.63. The van der Waals surface area contributed by atoms with Crippen molar-refractivity contribution in [3.8, 4) is 0 Å². The van der Waals surface area contributed by atoms with Gasteiger partial charge in [-0.15, -0.1) is 5.10 Å². The predicted octanol–water partition coefficient (Wildman–Crippen LogP) is 0.636. The monoisotopic (exact) mass is 300 g/mol. The highest BCUT2D eigenvalue weighted by Crippen LogP contribution is 2.26. The summed E-state index contributed by atoms with van der Waals surface area (Å²) in [4.78, 5) is 7.88. The van der Waals surface area contributed by atoms with Gasteiger partial charge in [0.2, 0.25) is 0 Å². The van der Waals surface area contributed by atoms with Crippen LogP contribution in [-0.4, -0.2) is 28.6 Å². The van der Waals surface area contributed by atoms with Gasteiger partial charge in [-0.3, -0.25) is 0 Å². The van der Waals surface area contributed by atoms with E-state index in [9.17, 15) is 8.42 Å². The highest BCUT2D eigenvalue weighted by Gasteiger charge is 2.22. The summed E-state index contributed by atoms with van der Waals surface area (Å²) in [6.45, 7) is 5.03. The number of aryl methyl sites for hydroxylation is 3. The molecule has 0 bridgehead atoms. The lowest BCUT2D eigenvalue weighted by molar-refractivity contribution is 0.601. The lowest BCUT2D eigenvalue weighted by Gasteiger charge is -2.05. The topological polar surface area (TPSA) is 124 Å². The van der Waals surface area contributed by atoms with E-state index in [1.165, 1.54) is 0 Å². The minimum absolute atomic E-state index is 0.0480. The second kappa shape index (κ2) is 4.70. The van der Waals surface area contributed by atoms with Gasteiger partial charge in [0.25, 0.3) is 16.0 Å². The fraction of sp³-hybridized carbons (Fsp3) is 0.333. The number of hydrogen-bond donors (Lipinski definition) is 2. The van der Waals surface area contributed by atoms with E-state index in [2.05, 4.69) is 24.9 Å². The van der Waals surface area contributed by atoms with Gasteiger partial charge in [-0.2, -0.15) is 5.10 Å². The third-order valence-corrected chi connectivity index (χ3v) is 5.26. The highest BCUT2D eigenvalue weighted by atomic mass is 32.2. The maximum absolute atomic E-state index is 12.1. The van der Waals surface area contributed by atoms with Crippen LogP contribution >= 0.6 is 11.3 Å². The van der Waals surface area contributed by atoms with Gasteiger partial charge >= 0.3 is 0 Å². The molecular weight excluding hydrogens is 288 g/mol. The van der Waals surface area contributed by atoms with Crippen molar-refractivity contribution in [3.63, 3.8) is 0 Å². The average molecular weight is 300 g/mol. The van der Waals surface area contributed by atoms with Gasteiger partial charge in [0.1, 0.15) is 0 Å². The van der Waals surface area contributed by atoms with Crippen molar-refractivity contribution in [2.75, 3.05) is 10.5 Å². The molecule has 8 nitrogen and oxygen atoms in total. The summed E-state index contributed by atoms with van der Waals surface area (Å²) in [5.41, 5.74) is 7.07. The van der Waals surface area contributed by atoms with E-state index in [-0.39, 0.29) is 15.3 Å². The number of nitrogens with two attached hydrogens (primary N) is 1. The van der Waals surface area contributed by atoms with Crippen molar-refractivity contribution in [1.29, 1.82) is 0 Å². The first-order valence-corrected chi connectivity index (χ1v) is 7.53. The van der Waals surface area contributed by atoms with Crippen LogP contribution in [0.5, 0.6) is 0 Å². The fourth-order valence-corrected chi connectivity index (χ4v) is 3.56. The molecule has 0 aliphatic heterocycles. The SMILES string of the molecule is Cc1nnc(NS(=O)(=O)c2sc(N)nc2C)nc1C. The van der Waals surface area contributed by atoms with Crippen LogP contribution in [0.15, 0.2) is 4.21 Å². The van der Waals surface area contributed by atoms with Gasteiger partial charge in [0, 0.05) is 0 Å². The molecule has 102 valence electrons. The molecule has 10 heteroatoms. The molecule has 0 saturated carbocycles. The molecule has 2 heterocycles. The van der Waals surface area contributed by atoms with E-state index < -0.39 is 10.0 Å². The van der Waals surface area contributed by atoms with Gasteiger partial charge < -0.3 is 5.73 Å². The number of thiazole rings is 1. The van der Waals surface area contributed by atoms with Crippen molar-refractivity contribution in [2.45, 2.75) is 25.0 Å². The molecule has 2 aromatic rings. The Hall–Kier alpha value is -1.81. The van der Waals surface area contributed by atoms with Crippen molar-refractivity contribution < 1.29 is 8.42 Å². The van der Waals surface area contributed by atoms with E-state index in [1.54, 1.807) is 20.8 Å². The van der Waals surface area contributed by atoms with Crippen LogP contribution in [0, 0.1) is 20.8 Å². The molecule has 0 radical (unpaired) electrons. The number of nitrogen functional groups attached to an aromatic ring is 1. The Labute approximate surface area is 114 Å². The van der Waals surface area contributed by atoms with Crippen molar-refractivity contribution in [2.24, 2.45) is 0 Å². The number of sulfonamides is 1. The Bertz CT molecular complexity index is 724. The largest absolute Gasteiger partial charge is 0.375 e. The normalized spacial score (nSPS) is 11.5. The number of hydrogen-bond acceptors (Lipinski definition) is 8. The predicted molar refractivity (Wildman–Crippen MR) is 71.4 cm³/mol. The van der Waals surface area contributed by atoms with Gasteiger partial charge in [-0.05, 0) is 20.8 Å². The molecule has 0 saturated heterocycles. The molecule has 3 N–H and O–H groups in total. The lowest BCUT2D eigenvalue weighted by Crippen LogP contribution is -2.16. The minimum atomic E-state index is -3.79. The van der Waals surface area contributed by atoms with E-state index in [1.807, 2.05) is 0 Å². The number of nitrogens with one attached hydrogen (secondary N) is 1. The molecule has 2 aromatic heterocycles. The zero-order valence-corrected chi connectivity index (χ0v) is 12.1. The molecule has 0 fully saturated rings. The second-order valence-corrected chi connectivity index (χ2v) is 6.75. The summed E-state index contributed by atoms with van der Waals surface area (Å²) in [6.07, 6.45) is 0. The lowest BCUT2D eigenvalue weighted by atomic mass is 10.4.